The van der Waals surface area contributed by atoms with E-state index in [1.54, 1.807) is 29.2 Å². The van der Waals surface area contributed by atoms with Gasteiger partial charge in [-0.3, -0.25) is 14.3 Å². The molecule has 2 aromatic carbocycles. The van der Waals surface area contributed by atoms with Crippen LogP contribution in [0.1, 0.15) is 40.5 Å². The lowest BCUT2D eigenvalue weighted by Gasteiger charge is -2.18. The Hall–Kier alpha value is -2.32. The zero-order valence-corrected chi connectivity index (χ0v) is 17.4. The fourth-order valence-electron chi connectivity index (χ4n) is 3.13. The molecule has 0 aromatic heterocycles. The van der Waals surface area contributed by atoms with Gasteiger partial charge >= 0.3 is 0 Å². The third-order valence-electron chi connectivity index (χ3n) is 4.63. The molecular formula is C20H22N2O4S2. The number of ketones is 1. The summed E-state index contributed by atoms with van der Waals surface area (Å²) in [5.74, 6) is -0.290. The Kier molecular flexibility index (Phi) is 6.10. The van der Waals surface area contributed by atoms with E-state index in [1.807, 2.05) is 6.26 Å². The second-order valence-corrected chi connectivity index (χ2v) is 9.13. The van der Waals surface area contributed by atoms with Crippen molar-refractivity contribution < 1.29 is 18.0 Å². The number of hydrogen-bond acceptors (Lipinski definition) is 5. The number of amides is 1. The number of likely N-dealkylation sites (tertiary alicyclic amines) is 1. The van der Waals surface area contributed by atoms with Gasteiger partial charge in [0.05, 0.1) is 10.5 Å². The molecule has 1 saturated heterocycles. The largest absolute Gasteiger partial charge is 0.339 e. The van der Waals surface area contributed by atoms with Gasteiger partial charge in [0.25, 0.3) is 15.9 Å². The highest BCUT2D eigenvalue weighted by molar-refractivity contribution is 7.98. The number of thioether (sulfide) groups is 1. The number of carbonyl (C=O) groups is 2. The number of Topliss-reactive ketones (excluding diaryl/α,β-unsaturated/α-hetero) is 1. The lowest BCUT2D eigenvalue weighted by molar-refractivity contribution is 0.0789. The molecule has 0 radical (unpaired) electrons. The second kappa shape index (κ2) is 8.36. The van der Waals surface area contributed by atoms with Crippen molar-refractivity contribution >= 4 is 39.2 Å². The highest BCUT2D eigenvalue weighted by Gasteiger charge is 2.24. The van der Waals surface area contributed by atoms with Crippen molar-refractivity contribution in [2.75, 3.05) is 24.1 Å². The van der Waals surface area contributed by atoms with Gasteiger partial charge in [-0.25, -0.2) is 8.42 Å². The van der Waals surface area contributed by atoms with E-state index in [2.05, 4.69) is 4.72 Å². The third kappa shape index (κ3) is 4.39. The number of hydrogen-bond donors (Lipinski definition) is 1. The average molecular weight is 419 g/mol. The van der Waals surface area contributed by atoms with Crippen molar-refractivity contribution in [3.63, 3.8) is 0 Å². The summed E-state index contributed by atoms with van der Waals surface area (Å²) in [5, 5.41) is 0. The predicted molar refractivity (Wildman–Crippen MR) is 111 cm³/mol. The van der Waals surface area contributed by atoms with Crippen molar-refractivity contribution in [3.8, 4) is 0 Å². The molecule has 0 unspecified atom stereocenters. The maximum Gasteiger partial charge on any atom is 0.261 e. The maximum absolute atomic E-state index is 12.9. The van der Waals surface area contributed by atoms with Crippen LogP contribution in [0.4, 0.5) is 5.69 Å². The van der Waals surface area contributed by atoms with Gasteiger partial charge in [-0.15, -0.1) is 11.8 Å². The Labute approximate surface area is 169 Å². The zero-order valence-electron chi connectivity index (χ0n) is 15.8. The summed E-state index contributed by atoms with van der Waals surface area (Å²) in [6.07, 6.45) is 3.79. The van der Waals surface area contributed by atoms with Crippen molar-refractivity contribution in [3.05, 3.63) is 53.6 Å². The van der Waals surface area contributed by atoms with Crippen LogP contribution in [-0.4, -0.2) is 44.4 Å². The Morgan fingerprint density at radius 1 is 1.07 bits per heavy atom. The van der Waals surface area contributed by atoms with Gasteiger partial charge in [0, 0.05) is 29.2 Å². The second-order valence-electron chi connectivity index (χ2n) is 6.60. The normalized spacial score (nSPS) is 14.1. The minimum absolute atomic E-state index is 0.0149. The Morgan fingerprint density at radius 2 is 1.79 bits per heavy atom. The molecule has 1 fully saturated rings. The zero-order chi connectivity index (χ0) is 20.3. The summed E-state index contributed by atoms with van der Waals surface area (Å²) in [7, 11) is -3.90. The number of sulfonamides is 1. The number of benzene rings is 2. The molecule has 1 aliphatic rings. The molecule has 0 atom stereocenters. The first-order valence-corrected chi connectivity index (χ1v) is 11.6. The Morgan fingerprint density at radius 3 is 2.43 bits per heavy atom. The summed E-state index contributed by atoms with van der Waals surface area (Å²) in [6, 6.07) is 10.9. The van der Waals surface area contributed by atoms with E-state index in [4.69, 9.17) is 0 Å². The van der Waals surface area contributed by atoms with E-state index < -0.39 is 10.0 Å². The van der Waals surface area contributed by atoms with Crippen LogP contribution in [-0.2, 0) is 10.0 Å². The molecule has 6 nitrogen and oxygen atoms in total. The summed E-state index contributed by atoms with van der Waals surface area (Å²) in [6.45, 7) is 2.81. The van der Waals surface area contributed by atoms with E-state index >= 15 is 0 Å². The monoisotopic (exact) mass is 418 g/mol. The van der Waals surface area contributed by atoms with Crippen LogP contribution >= 0.6 is 11.8 Å². The van der Waals surface area contributed by atoms with E-state index in [0.29, 0.717) is 29.9 Å². The smallest absolute Gasteiger partial charge is 0.261 e. The van der Waals surface area contributed by atoms with Gasteiger partial charge in [-0.1, -0.05) is 12.1 Å². The molecule has 148 valence electrons. The first kappa shape index (κ1) is 20.4. The molecule has 0 saturated carbocycles. The third-order valence-corrected chi connectivity index (χ3v) is 6.80. The van der Waals surface area contributed by atoms with Crippen LogP contribution in [0, 0.1) is 0 Å². The van der Waals surface area contributed by atoms with E-state index in [0.717, 1.165) is 17.7 Å². The number of nitrogens with one attached hydrogen (secondary N) is 1. The summed E-state index contributed by atoms with van der Waals surface area (Å²) in [4.78, 5) is 26.9. The molecule has 1 heterocycles. The number of rotatable bonds is 6. The molecule has 0 aliphatic carbocycles. The van der Waals surface area contributed by atoms with Crippen LogP contribution in [0.25, 0.3) is 0 Å². The average Bonchev–Trinajstić information content (AvgIpc) is 3.21. The lowest BCUT2D eigenvalue weighted by Crippen LogP contribution is -2.28. The standard InChI is InChI=1S/C20H22N2O4S2/c1-14(23)15-6-5-7-16(12-15)21-28(25,26)17-8-9-19(27-2)18(13-17)20(24)22-10-3-4-11-22/h5-9,12-13,21H,3-4,10-11H2,1-2H3. The molecule has 8 heteroatoms. The van der Waals surface area contributed by atoms with E-state index in [1.165, 1.54) is 36.9 Å². The van der Waals surface area contributed by atoms with Gasteiger partial charge in [0.1, 0.15) is 0 Å². The summed E-state index contributed by atoms with van der Waals surface area (Å²) in [5.41, 5.74) is 1.12. The van der Waals surface area contributed by atoms with E-state index in [9.17, 15) is 18.0 Å². The van der Waals surface area contributed by atoms with Crippen LogP contribution in [0.2, 0.25) is 0 Å². The lowest BCUT2D eigenvalue weighted by atomic mass is 10.1. The highest BCUT2D eigenvalue weighted by atomic mass is 32.2. The fraction of sp³-hybridized carbons (Fsp3) is 0.300. The van der Waals surface area contributed by atoms with Crippen molar-refractivity contribution in [2.24, 2.45) is 0 Å². The van der Waals surface area contributed by atoms with Crippen LogP contribution in [0.3, 0.4) is 0 Å². The van der Waals surface area contributed by atoms with Crippen LogP contribution in [0.5, 0.6) is 0 Å². The Balaban J connectivity index is 1.93. The molecule has 28 heavy (non-hydrogen) atoms. The first-order valence-electron chi connectivity index (χ1n) is 8.93. The van der Waals surface area contributed by atoms with Crippen molar-refractivity contribution in [2.45, 2.75) is 29.6 Å². The molecule has 0 spiro atoms. The van der Waals surface area contributed by atoms with Gasteiger partial charge in [0.15, 0.2) is 5.78 Å². The highest BCUT2D eigenvalue weighted by Crippen LogP contribution is 2.27. The fourth-order valence-corrected chi connectivity index (χ4v) is 4.77. The van der Waals surface area contributed by atoms with Crippen LogP contribution < -0.4 is 4.72 Å². The van der Waals surface area contributed by atoms with Gasteiger partial charge in [-0.2, -0.15) is 0 Å². The van der Waals surface area contributed by atoms with Crippen molar-refractivity contribution in [1.29, 1.82) is 0 Å². The SMILES string of the molecule is CSc1ccc(S(=O)(=O)Nc2cccc(C(C)=O)c2)cc1C(=O)N1CCCC1. The van der Waals surface area contributed by atoms with Gasteiger partial charge < -0.3 is 4.90 Å². The molecule has 2 aromatic rings. The molecular weight excluding hydrogens is 396 g/mol. The number of carbonyl (C=O) groups excluding carboxylic acids is 2. The Bertz CT molecular complexity index is 1010. The number of anilines is 1. The molecule has 1 aliphatic heterocycles. The maximum atomic E-state index is 12.9. The molecule has 1 N–H and O–H groups in total. The first-order chi connectivity index (χ1) is 13.3. The topological polar surface area (TPSA) is 83.5 Å². The molecule has 3 rings (SSSR count). The van der Waals surface area contributed by atoms with Crippen LogP contribution in [0.15, 0.2) is 52.3 Å². The van der Waals surface area contributed by atoms with Gasteiger partial charge in [0.2, 0.25) is 0 Å². The minimum atomic E-state index is -3.90. The van der Waals surface area contributed by atoms with Gasteiger partial charge in [-0.05, 0) is 56.4 Å². The summed E-state index contributed by atoms with van der Waals surface area (Å²) >= 11 is 1.41. The molecule has 0 bridgehead atoms. The minimum Gasteiger partial charge on any atom is -0.339 e. The van der Waals surface area contributed by atoms with Crippen molar-refractivity contribution in [1.82, 2.24) is 4.90 Å². The van der Waals surface area contributed by atoms with E-state index in [-0.39, 0.29) is 16.6 Å². The quantitative estimate of drug-likeness (QED) is 0.572. The predicted octanol–water partition coefficient (Wildman–Crippen LogP) is 3.65. The number of nitrogens with zero attached hydrogens (tertiary/aromatic N) is 1. The molecule has 1 amide bonds. The summed E-state index contributed by atoms with van der Waals surface area (Å²) < 4.78 is 28.2.